The fraction of sp³-hybridized carbons (Fsp3) is 0.421. The van der Waals surface area contributed by atoms with Crippen molar-refractivity contribution in [3.05, 3.63) is 42.1 Å². The number of benzene rings is 1. The van der Waals surface area contributed by atoms with Crippen LogP contribution in [0.4, 0.5) is 5.82 Å². The summed E-state index contributed by atoms with van der Waals surface area (Å²) >= 11 is 0. The molecule has 2 heterocycles. The molecule has 1 aliphatic rings. The molecular formula is C19H24N4O2. The van der Waals surface area contributed by atoms with Gasteiger partial charge in [0, 0.05) is 37.8 Å². The summed E-state index contributed by atoms with van der Waals surface area (Å²) in [5.41, 5.74) is 1.35. The van der Waals surface area contributed by atoms with Gasteiger partial charge in [-0.3, -0.25) is 4.79 Å². The molecule has 1 aromatic carbocycles. The summed E-state index contributed by atoms with van der Waals surface area (Å²) in [5, 5.41) is 0. The minimum atomic E-state index is -0.0564. The van der Waals surface area contributed by atoms with Gasteiger partial charge in [0.1, 0.15) is 11.5 Å². The van der Waals surface area contributed by atoms with Crippen molar-refractivity contribution < 1.29 is 9.53 Å². The summed E-state index contributed by atoms with van der Waals surface area (Å²) in [5.74, 6) is 1.31. The summed E-state index contributed by atoms with van der Waals surface area (Å²) in [6, 6.07) is 11.6. The molecule has 132 valence electrons. The first kappa shape index (κ1) is 17.4. The number of morpholine rings is 1. The highest BCUT2D eigenvalue weighted by atomic mass is 16.5. The second-order valence-electron chi connectivity index (χ2n) is 5.88. The van der Waals surface area contributed by atoms with E-state index in [2.05, 4.69) is 9.88 Å². The molecule has 0 atom stereocenters. The molecule has 1 aliphatic heterocycles. The van der Waals surface area contributed by atoms with Crippen molar-refractivity contribution in [1.29, 1.82) is 0 Å². The highest BCUT2D eigenvalue weighted by molar-refractivity contribution is 5.93. The van der Waals surface area contributed by atoms with Crippen molar-refractivity contribution in [2.24, 2.45) is 0 Å². The van der Waals surface area contributed by atoms with E-state index in [4.69, 9.17) is 9.72 Å². The van der Waals surface area contributed by atoms with Crippen LogP contribution in [0.3, 0.4) is 0 Å². The minimum absolute atomic E-state index is 0.0564. The topological polar surface area (TPSA) is 58.6 Å². The van der Waals surface area contributed by atoms with Gasteiger partial charge < -0.3 is 14.5 Å². The predicted molar refractivity (Wildman–Crippen MR) is 97.8 cm³/mol. The van der Waals surface area contributed by atoms with Gasteiger partial charge in [-0.05, 0) is 13.8 Å². The lowest BCUT2D eigenvalue weighted by molar-refractivity contribution is 0.0767. The van der Waals surface area contributed by atoms with E-state index in [1.54, 1.807) is 11.0 Å². The monoisotopic (exact) mass is 340 g/mol. The van der Waals surface area contributed by atoms with Crippen LogP contribution in [0.1, 0.15) is 24.3 Å². The second-order valence-corrected chi connectivity index (χ2v) is 5.88. The molecule has 3 rings (SSSR count). The van der Waals surface area contributed by atoms with E-state index < -0.39 is 0 Å². The molecule has 6 nitrogen and oxygen atoms in total. The Labute approximate surface area is 148 Å². The van der Waals surface area contributed by atoms with E-state index in [0.29, 0.717) is 37.8 Å². The first-order valence-electron chi connectivity index (χ1n) is 8.79. The van der Waals surface area contributed by atoms with Gasteiger partial charge in [0.25, 0.3) is 5.91 Å². The molecule has 0 aliphatic carbocycles. The summed E-state index contributed by atoms with van der Waals surface area (Å²) in [7, 11) is 0. The molecule has 2 aromatic rings. The van der Waals surface area contributed by atoms with Crippen LogP contribution in [-0.2, 0) is 4.74 Å². The summed E-state index contributed by atoms with van der Waals surface area (Å²) in [4.78, 5) is 26.0. The van der Waals surface area contributed by atoms with Crippen molar-refractivity contribution >= 4 is 11.7 Å². The fourth-order valence-corrected chi connectivity index (χ4v) is 2.89. The molecule has 0 unspecified atom stereocenters. The number of hydrogen-bond donors (Lipinski definition) is 0. The second kappa shape index (κ2) is 8.07. The van der Waals surface area contributed by atoms with Crippen LogP contribution in [0, 0.1) is 0 Å². The summed E-state index contributed by atoms with van der Waals surface area (Å²) in [6.07, 6.45) is 0. The van der Waals surface area contributed by atoms with Gasteiger partial charge in [-0.15, -0.1) is 0 Å². The van der Waals surface area contributed by atoms with Crippen LogP contribution < -0.4 is 4.90 Å². The first-order chi connectivity index (χ1) is 12.2. The fourth-order valence-electron chi connectivity index (χ4n) is 2.89. The molecule has 0 saturated carbocycles. The van der Waals surface area contributed by atoms with E-state index in [9.17, 15) is 4.79 Å². The van der Waals surface area contributed by atoms with Gasteiger partial charge in [0.15, 0.2) is 5.82 Å². The molecule has 0 bridgehead atoms. The third kappa shape index (κ3) is 3.96. The first-order valence-corrected chi connectivity index (χ1v) is 8.79. The lowest BCUT2D eigenvalue weighted by atomic mass is 10.2. The zero-order valence-electron chi connectivity index (χ0n) is 14.8. The number of hydrogen-bond acceptors (Lipinski definition) is 5. The molecule has 1 amide bonds. The molecule has 0 N–H and O–H groups in total. The summed E-state index contributed by atoms with van der Waals surface area (Å²) < 4.78 is 5.43. The molecule has 1 aromatic heterocycles. The Balaban J connectivity index is 2.03. The molecular weight excluding hydrogens is 316 g/mol. The average Bonchev–Trinajstić information content (AvgIpc) is 2.70. The van der Waals surface area contributed by atoms with Crippen molar-refractivity contribution in [3.8, 4) is 11.4 Å². The van der Waals surface area contributed by atoms with Crippen LogP contribution in [0.2, 0.25) is 0 Å². The smallest absolute Gasteiger partial charge is 0.272 e. The quantitative estimate of drug-likeness (QED) is 0.837. The largest absolute Gasteiger partial charge is 0.378 e. The minimum Gasteiger partial charge on any atom is -0.378 e. The Kier molecular flexibility index (Phi) is 5.60. The van der Waals surface area contributed by atoms with E-state index in [1.165, 1.54) is 0 Å². The van der Waals surface area contributed by atoms with Crippen molar-refractivity contribution in [2.75, 3.05) is 44.3 Å². The zero-order valence-corrected chi connectivity index (χ0v) is 14.8. The van der Waals surface area contributed by atoms with Gasteiger partial charge in [-0.2, -0.15) is 0 Å². The molecule has 0 radical (unpaired) electrons. The number of anilines is 1. The number of carbonyl (C=O) groups excluding carboxylic acids is 1. The van der Waals surface area contributed by atoms with E-state index in [-0.39, 0.29) is 5.91 Å². The van der Waals surface area contributed by atoms with Crippen molar-refractivity contribution in [1.82, 2.24) is 14.9 Å². The van der Waals surface area contributed by atoms with Gasteiger partial charge in [0.05, 0.1) is 13.2 Å². The third-order valence-corrected chi connectivity index (χ3v) is 4.35. The van der Waals surface area contributed by atoms with Gasteiger partial charge in [-0.25, -0.2) is 9.97 Å². The highest BCUT2D eigenvalue weighted by Gasteiger charge is 2.20. The van der Waals surface area contributed by atoms with Gasteiger partial charge >= 0.3 is 0 Å². The number of ether oxygens (including phenoxy) is 1. The van der Waals surface area contributed by atoms with Crippen LogP contribution in [-0.4, -0.2) is 60.2 Å². The number of amides is 1. The molecule has 6 heteroatoms. The highest BCUT2D eigenvalue weighted by Crippen LogP contribution is 2.21. The van der Waals surface area contributed by atoms with Gasteiger partial charge in [-0.1, -0.05) is 30.3 Å². The van der Waals surface area contributed by atoms with Crippen molar-refractivity contribution in [2.45, 2.75) is 13.8 Å². The predicted octanol–water partition coefficient (Wildman–Crippen LogP) is 2.46. The lowest BCUT2D eigenvalue weighted by Gasteiger charge is -2.28. The van der Waals surface area contributed by atoms with E-state index in [0.717, 1.165) is 24.5 Å². The molecule has 1 saturated heterocycles. The summed E-state index contributed by atoms with van der Waals surface area (Å²) in [6.45, 7) is 8.15. The number of nitrogens with zero attached hydrogens (tertiary/aromatic N) is 4. The number of aromatic nitrogens is 2. The Morgan fingerprint density at radius 1 is 1.12 bits per heavy atom. The Bertz CT molecular complexity index is 711. The maximum absolute atomic E-state index is 12.8. The van der Waals surface area contributed by atoms with Crippen LogP contribution in [0.25, 0.3) is 11.4 Å². The van der Waals surface area contributed by atoms with Crippen LogP contribution in [0.15, 0.2) is 36.4 Å². The Hall–Kier alpha value is -2.47. The molecule has 25 heavy (non-hydrogen) atoms. The van der Waals surface area contributed by atoms with E-state index >= 15 is 0 Å². The number of carbonyl (C=O) groups is 1. The lowest BCUT2D eigenvalue weighted by Crippen LogP contribution is -2.37. The third-order valence-electron chi connectivity index (χ3n) is 4.35. The van der Waals surface area contributed by atoms with Gasteiger partial charge in [0.2, 0.25) is 0 Å². The van der Waals surface area contributed by atoms with E-state index in [1.807, 2.05) is 44.2 Å². The SMILES string of the molecule is CCN(CC)C(=O)c1cc(N2CCOCC2)nc(-c2ccccc2)n1. The molecule has 0 spiro atoms. The maximum Gasteiger partial charge on any atom is 0.272 e. The number of rotatable bonds is 5. The standard InChI is InChI=1S/C19H24N4O2/c1-3-22(4-2)19(24)16-14-17(23-10-12-25-13-11-23)21-18(20-16)15-8-6-5-7-9-15/h5-9,14H,3-4,10-13H2,1-2H3. The normalized spacial score (nSPS) is 14.4. The Morgan fingerprint density at radius 3 is 2.44 bits per heavy atom. The maximum atomic E-state index is 12.8. The Morgan fingerprint density at radius 2 is 1.80 bits per heavy atom. The average molecular weight is 340 g/mol. The van der Waals surface area contributed by atoms with Crippen LogP contribution in [0.5, 0.6) is 0 Å². The van der Waals surface area contributed by atoms with Crippen molar-refractivity contribution in [3.63, 3.8) is 0 Å². The zero-order chi connectivity index (χ0) is 17.6. The van der Waals surface area contributed by atoms with Crippen LogP contribution >= 0.6 is 0 Å². The molecule has 1 fully saturated rings.